The van der Waals surface area contributed by atoms with Crippen LogP contribution in [0.2, 0.25) is 0 Å². The van der Waals surface area contributed by atoms with Crippen molar-refractivity contribution in [2.75, 3.05) is 26.3 Å². The Morgan fingerprint density at radius 2 is 1.96 bits per heavy atom. The van der Waals surface area contributed by atoms with E-state index in [-0.39, 0.29) is 23.7 Å². The maximum atomic E-state index is 13.2. The zero-order chi connectivity index (χ0) is 18.3. The van der Waals surface area contributed by atoms with E-state index in [1.165, 1.54) is 10.6 Å². The van der Waals surface area contributed by atoms with Crippen LogP contribution < -0.4 is 5.73 Å². The summed E-state index contributed by atoms with van der Waals surface area (Å²) in [7, 11) is -3.92. The van der Waals surface area contributed by atoms with Gasteiger partial charge >= 0.3 is 0 Å². The lowest BCUT2D eigenvalue weighted by atomic mass is 10.1. The van der Waals surface area contributed by atoms with E-state index in [0.717, 1.165) is 0 Å². The van der Waals surface area contributed by atoms with Gasteiger partial charge in [0, 0.05) is 29.6 Å². The molecule has 0 aliphatic carbocycles. The molecule has 2 aromatic heterocycles. The van der Waals surface area contributed by atoms with Crippen LogP contribution in [0.3, 0.4) is 0 Å². The number of nitrogens with zero attached hydrogens (tertiary/aromatic N) is 1. The van der Waals surface area contributed by atoms with Gasteiger partial charge in [-0.15, -0.1) is 0 Å². The number of aromatic nitrogens is 1. The van der Waals surface area contributed by atoms with Crippen molar-refractivity contribution in [2.45, 2.75) is 4.90 Å². The molecule has 0 radical (unpaired) electrons. The van der Waals surface area contributed by atoms with Gasteiger partial charge in [0.15, 0.2) is 0 Å². The van der Waals surface area contributed by atoms with Gasteiger partial charge in [-0.1, -0.05) is 0 Å². The van der Waals surface area contributed by atoms with Gasteiger partial charge in [0.1, 0.15) is 16.3 Å². The van der Waals surface area contributed by atoms with Gasteiger partial charge in [-0.3, -0.25) is 4.79 Å². The van der Waals surface area contributed by atoms with Crippen molar-refractivity contribution in [1.29, 1.82) is 0 Å². The first-order chi connectivity index (χ1) is 12.5. The number of morpholine rings is 1. The van der Waals surface area contributed by atoms with Crippen molar-refractivity contribution in [3.05, 3.63) is 42.3 Å². The molecule has 3 heterocycles. The molecule has 1 saturated heterocycles. The van der Waals surface area contributed by atoms with Gasteiger partial charge in [0.2, 0.25) is 10.0 Å². The monoisotopic (exact) mass is 375 g/mol. The van der Waals surface area contributed by atoms with E-state index in [0.29, 0.717) is 35.4 Å². The number of sulfonamides is 1. The van der Waals surface area contributed by atoms with Crippen molar-refractivity contribution in [3.63, 3.8) is 0 Å². The molecule has 0 atom stereocenters. The number of H-pyrrole nitrogens is 1. The first kappa shape index (κ1) is 16.8. The lowest BCUT2D eigenvalue weighted by Crippen LogP contribution is -2.41. The van der Waals surface area contributed by atoms with Crippen LogP contribution in [0.15, 0.2) is 45.9 Å². The number of aromatic amines is 1. The highest BCUT2D eigenvalue weighted by Gasteiger charge is 2.33. The number of ether oxygens (including phenoxy) is 1. The van der Waals surface area contributed by atoms with Gasteiger partial charge in [-0.25, -0.2) is 8.42 Å². The third-order valence-electron chi connectivity index (χ3n) is 4.37. The summed E-state index contributed by atoms with van der Waals surface area (Å²) in [6.07, 6.45) is 1.54. The Hall–Kier alpha value is -2.62. The highest BCUT2D eigenvalue weighted by Crippen LogP contribution is 2.33. The van der Waals surface area contributed by atoms with E-state index in [1.54, 1.807) is 30.3 Å². The van der Waals surface area contributed by atoms with Crippen molar-refractivity contribution < 1.29 is 22.4 Å². The molecule has 8 nitrogen and oxygen atoms in total. The van der Waals surface area contributed by atoms with Crippen molar-refractivity contribution in [1.82, 2.24) is 9.29 Å². The van der Waals surface area contributed by atoms with Crippen LogP contribution in [0, 0.1) is 0 Å². The molecule has 1 amide bonds. The number of furan rings is 1. The number of carbonyl (C=O) groups is 1. The number of fused-ring (bicyclic) bond motifs is 1. The Bertz CT molecular complexity index is 1060. The molecule has 0 saturated carbocycles. The average molecular weight is 375 g/mol. The maximum absolute atomic E-state index is 13.2. The summed E-state index contributed by atoms with van der Waals surface area (Å²) in [6, 6.07) is 8.70. The van der Waals surface area contributed by atoms with Gasteiger partial charge in [-0.2, -0.15) is 4.31 Å². The molecule has 1 aliphatic rings. The lowest BCUT2D eigenvalue weighted by Gasteiger charge is -2.26. The van der Waals surface area contributed by atoms with Gasteiger partial charge in [0.25, 0.3) is 5.91 Å². The predicted molar refractivity (Wildman–Crippen MR) is 94.1 cm³/mol. The number of rotatable bonds is 4. The van der Waals surface area contributed by atoms with Crippen LogP contribution in [0.25, 0.3) is 22.2 Å². The van der Waals surface area contributed by atoms with E-state index >= 15 is 0 Å². The van der Waals surface area contributed by atoms with Crippen LogP contribution in [0.1, 0.15) is 10.5 Å². The van der Waals surface area contributed by atoms with E-state index in [1.807, 2.05) is 0 Å². The largest absolute Gasteiger partial charge is 0.464 e. The average Bonchev–Trinajstić information content (AvgIpc) is 3.29. The number of benzene rings is 1. The molecule has 0 bridgehead atoms. The Labute approximate surface area is 149 Å². The zero-order valence-corrected chi connectivity index (χ0v) is 14.6. The van der Waals surface area contributed by atoms with Crippen molar-refractivity contribution >= 4 is 26.8 Å². The molecule has 136 valence electrons. The minimum atomic E-state index is -3.92. The minimum Gasteiger partial charge on any atom is -0.464 e. The molecular formula is C17H17N3O5S. The molecule has 1 aromatic carbocycles. The summed E-state index contributed by atoms with van der Waals surface area (Å²) in [4.78, 5) is 14.6. The number of carbonyl (C=O) groups excluding carboxylic acids is 1. The Kier molecular flexibility index (Phi) is 4.06. The second kappa shape index (κ2) is 6.27. The fourth-order valence-corrected chi connectivity index (χ4v) is 4.87. The first-order valence-corrected chi connectivity index (χ1v) is 9.50. The van der Waals surface area contributed by atoms with Gasteiger partial charge in [0.05, 0.1) is 19.5 Å². The molecule has 26 heavy (non-hydrogen) atoms. The van der Waals surface area contributed by atoms with Crippen molar-refractivity contribution in [3.8, 4) is 11.3 Å². The fourth-order valence-electron chi connectivity index (χ4n) is 3.12. The standard InChI is InChI=1S/C17H17N3O5S/c18-17(21)15-16(26(22,23)20-5-8-24-9-6-20)12-10-11(3-4-13(12)19-15)14-2-1-7-25-14/h1-4,7,10,19H,5-6,8-9H2,(H2,18,21). The van der Waals surface area contributed by atoms with Gasteiger partial charge < -0.3 is 19.9 Å². The number of hydrogen-bond acceptors (Lipinski definition) is 5. The molecule has 1 aliphatic heterocycles. The molecular weight excluding hydrogens is 358 g/mol. The van der Waals surface area contributed by atoms with Crippen LogP contribution in [0.5, 0.6) is 0 Å². The van der Waals surface area contributed by atoms with Crippen LogP contribution in [-0.4, -0.2) is 49.9 Å². The molecule has 3 N–H and O–H groups in total. The van der Waals surface area contributed by atoms with Crippen LogP contribution >= 0.6 is 0 Å². The molecule has 0 unspecified atom stereocenters. The highest BCUT2D eigenvalue weighted by molar-refractivity contribution is 7.89. The van der Waals surface area contributed by atoms with E-state index in [4.69, 9.17) is 14.9 Å². The van der Waals surface area contributed by atoms with E-state index < -0.39 is 15.9 Å². The number of nitrogens with one attached hydrogen (secondary N) is 1. The molecule has 9 heteroatoms. The van der Waals surface area contributed by atoms with E-state index in [9.17, 15) is 13.2 Å². The Morgan fingerprint density at radius 3 is 2.62 bits per heavy atom. The molecule has 1 fully saturated rings. The molecule has 4 rings (SSSR count). The summed E-state index contributed by atoms with van der Waals surface area (Å²) in [6.45, 7) is 1.08. The molecule has 3 aromatic rings. The number of primary amides is 1. The van der Waals surface area contributed by atoms with E-state index in [2.05, 4.69) is 4.98 Å². The first-order valence-electron chi connectivity index (χ1n) is 8.06. The Morgan fingerprint density at radius 1 is 1.19 bits per heavy atom. The summed E-state index contributed by atoms with van der Waals surface area (Å²) in [5.74, 6) is -0.226. The zero-order valence-electron chi connectivity index (χ0n) is 13.8. The second-order valence-electron chi connectivity index (χ2n) is 5.95. The predicted octanol–water partition coefficient (Wildman–Crippen LogP) is 1.55. The minimum absolute atomic E-state index is 0.102. The third-order valence-corrected chi connectivity index (χ3v) is 6.36. The summed E-state index contributed by atoms with van der Waals surface area (Å²) < 4.78 is 38.3. The fraction of sp³-hybridized carbons (Fsp3) is 0.235. The Balaban J connectivity index is 1.94. The topological polar surface area (TPSA) is 119 Å². The molecule has 0 spiro atoms. The maximum Gasteiger partial charge on any atom is 0.266 e. The lowest BCUT2D eigenvalue weighted by molar-refractivity contribution is 0.0730. The quantitative estimate of drug-likeness (QED) is 0.717. The van der Waals surface area contributed by atoms with Crippen molar-refractivity contribution in [2.24, 2.45) is 5.73 Å². The SMILES string of the molecule is NC(=O)c1[nH]c2ccc(-c3ccco3)cc2c1S(=O)(=O)N1CCOCC1. The summed E-state index contributed by atoms with van der Waals surface area (Å²) in [5, 5.41) is 0.402. The third kappa shape index (κ3) is 2.70. The number of nitrogens with two attached hydrogens (primary N) is 1. The van der Waals surface area contributed by atoms with Crippen LogP contribution in [0.4, 0.5) is 0 Å². The van der Waals surface area contributed by atoms with Crippen LogP contribution in [-0.2, 0) is 14.8 Å². The normalized spacial score (nSPS) is 16.2. The van der Waals surface area contributed by atoms with Gasteiger partial charge in [-0.05, 0) is 30.3 Å². The smallest absolute Gasteiger partial charge is 0.266 e. The second-order valence-corrected chi connectivity index (χ2v) is 7.82. The number of amides is 1. The summed E-state index contributed by atoms with van der Waals surface area (Å²) in [5.41, 5.74) is 6.54. The summed E-state index contributed by atoms with van der Waals surface area (Å²) >= 11 is 0. The number of hydrogen-bond donors (Lipinski definition) is 2. The highest BCUT2D eigenvalue weighted by atomic mass is 32.2.